The number of nitrogens with one attached hydrogen (secondary N) is 2. The standard InChI is InChI=1S/C11H24N2O2S/c1-11(2,3)9-13-16(14,15)8-10-5-4-6-12-7-10/h10,12-13H,4-9H2,1-3H3. The highest BCUT2D eigenvalue weighted by molar-refractivity contribution is 7.89. The number of sulfonamides is 1. The summed E-state index contributed by atoms with van der Waals surface area (Å²) in [4.78, 5) is 0. The van der Waals surface area contributed by atoms with Crippen molar-refractivity contribution >= 4 is 10.0 Å². The van der Waals surface area contributed by atoms with E-state index >= 15 is 0 Å². The van der Waals surface area contributed by atoms with Gasteiger partial charge in [-0.3, -0.25) is 0 Å². The average Bonchev–Trinajstić information content (AvgIpc) is 2.15. The van der Waals surface area contributed by atoms with E-state index in [0.29, 0.717) is 6.54 Å². The lowest BCUT2D eigenvalue weighted by Gasteiger charge is -2.24. The van der Waals surface area contributed by atoms with E-state index in [1.807, 2.05) is 20.8 Å². The zero-order valence-electron chi connectivity index (χ0n) is 10.5. The quantitative estimate of drug-likeness (QED) is 0.779. The van der Waals surface area contributed by atoms with Gasteiger partial charge in [-0.2, -0.15) is 0 Å². The van der Waals surface area contributed by atoms with Crippen LogP contribution in [0.5, 0.6) is 0 Å². The van der Waals surface area contributed by atoms with Crippen molar-refractivity contribution in [3.8, 4) is 0 Å². The zero-order chi connectivity index (χ0) is 12.2. The Morgan fingerprint density at radius 3 is 2.56 bits per heavy atom. The molecule has 0 saturated carbocycles. The first-order valence-electron chi connectivity index (χ1n) is 5.97. The van der Waals surface area contributed by atoms with Crippen LogP contribution >= 0.6 is 0 Å². The smallest absolute Gasteiger partial charge is 0.211 e. The van der Waals surface area contributed by atoms with Crippen LogP contribution in [0.1, 0.15) is 33.6 Å². The maximum Gasteiger partial charge on any atom is 0.211 e. The molecule has 4 nitrogen and oxygen atoms in total. The predicted octanol–water partition coefficient (Wildman–Crippen LogP) is 0.952. The number of hydrogen-bond acceptors (Lipinski definition) is 3. The fraction of sp³-hybridized carbons (Fsp3) is 1.00. The monoisotopic (exact) mass is 248 g/mol. The van der Waals surface area contributed by atoms with Crippen molar-refractivity contribution in [2.45, 2.75) is 33.6 Å². The number of rotatable bonds is 4. The molecule has 1 saturated heterocycles. The molecule has 1 aliphatic heterocycles. The maximum atomic E-state index is 11.8. The van der Waals surface area contributed by atoms with Crippen LogP contribution in [0.2, 0.25) is 0 Å². The highest BCUT2D eigenvalue weighted by atomic mass is 32.2. The Bertz CT molecular complexity index is 300. The first kappa shape index (κ1) is 13.9. The molecule has 5 heteroatoms. The number of piperidine rings is 1. The minimum Gasteiger partial charge on any atom is -0.316 e. The van der Waals surface area contributed by atoms with Crippen molar-refractivity contribution < 1.29 is 8.42 Å². The summed E-state index contributed by atoms with van der Waals surface area (Å²) in [5, 5.41) is 3.24. The molecule has 1 aliphatic rings. The molecule has 0 aromatic carbocycles. The highest BCUT2D eigenvalue weighted by Crippen LogP contribution is 2.14. The van der Waals surface area contributed by atoms with Crippen LogP contribution in [-0.4, -0.2) is 33.8 Å². The van der Waals surface area contributed by atoms with Gasteiger partial charge in [-0.15, -0.1) is 0 Å². The van der Waals surface area contributed by atoms with Gasteiger partial charge in [0.2, 0.25) is 10.0 Å². The lowest BCUT2D eigenvalue weighted by molar-refractivity contribution is 0.392. The molecule has 96 valence electrons. The average molecular weight is 248 g/mol. The minimum absolute atomic E-state index is 0.00210. The molecule has 1 fully saturated rings. The molecule has 0 radical (unpaired) electrons. The molecule has 1 unspecified atom stereocenters. The molecule has 0 aliphatic carbocycles. The van der Waals surface area contributed by atoms with Crippen LogP contribution in [0.25, 0.3) is 0 Å². The van der Waals surface area contributed by atoms with Gasteiger partial charge in [0.15, 0.2) is 0 Å². The molecule has 1 heterocycles. The molecular formula is C11H24N2O2S. The molecule has 0 bridgehead atoms. The third-order valence-corrected chi connectivity index (χ3v) is 4.17. The van der Waals surface area contributed by atoms with Crippen LogP contribution < -0.4 is 10.0 Å². The van der Waals surface area contributed by atoms with Gasteiger partial charge in [-0.25, -0.2) is 13.1 Å². The van der Waals surface area contributed by atoms with Gasteiger partial charge in [0, 0.05) is 6.54 Å². The van der Waals surface area contributed by atoms with Gasteiger partial charge in [0.1, 0.15) is 0 Å². The van der Waals surface area contributed by atoms with Crippen molar-refractivity contribution in [3.63, 3.8) is 0 Å². The summed E-state index contributed by atoms with van der Waals surface area (Å²) in [6.45, 7) is 8.44. The van der Waals surface area contributed by atoms with Gasteiger partial charge in [-0.1, -0.05) is 20.8 Å². The fourth-order valence-electron chi connectivity index (χ4n) is 1.76. The van der Waals surface area contributed by atoms with Crippen molar-refractivity contribution in [1.29, 1.82) is 0 Å². The molecule has 2 N–H and O–H groups in total. The van der Waals surface area contributed by atoms with Crippen molar-refractivity contribution in [2.75, 3.05) is 25.4 Å². The molecule has 16 heavy (non-hydrogen) atoms. The Kier molecular flexibility index (Phi) is 4.76. The maximum absolute atomic E-state index is 11.8. The van der Waals surface area contributed by atoms with Gasteiger partial charge >= 0.3 is 0 Å². The normalized spacial score (nSPS) is 23.3. The Labute approximate surface area is 99.2 Å². The second kappa shape index (κ2) is 5.47. The zero-order valence-corrected chi connectivity index (χ0v) is 11.4. The molecule has 0 aromatic rings. The minimum atomic E-state index is -3.10. The second-order valence-electron chi connectivity index (χ2n) is 5.88. The fourth-order valence-corrected chi connectivity index (χ4v) is 3.44. The molecule has 0 aromatic heterocycles. The summed E-state index contributed by atoms with van der Waals surface area (Å²) in [7, 11) is -3.10. The summed E-state index contributed by atoms with van der Waals surface area (Å²) >= 11 is 0. The van der Waals surface area contributed by atoms with Gasteiger partial charge in [0.25, 0.3) is 0 Å². The summed E-state index contributed by atoms with van der Waals surface area (Å²) in [6, 6.07) is 0. The van der Waals surface area contributed by atoms with Gasteiger partial charge in [0.05, 0.1) is 5.75 Å². The third kappa shape index (κ3) is 5.82. The van der Waals surface area contributed by atoms with E-state index in [4.69, 9.17) is 0 Å². The SMILES string of the molecule is CC(C)(C)CNS(=O)(=O)CC1CCCNC1. The van der Waals surface area contributed by atoms with Crippen LogP contribution in [0.3, 0.4) is 0 Å². The molecule has 0 spiro atoms. The molecular weight excluding hydrogens is 224 g/mol. The van der Waals surface area contributed by atoms with E-state index in [1.165, 1.54) is 0 Å². The summed E-state index contributed by atoms with van der Waals surface area (Å²) in [6.07, 6.45) is 2.10. The topological polar surface area (TPSA) is 58.2 Å². The van der Waals surface area contributed by atoms with Crippen molar-refractivity contribution in [2.24, 2.45) is 11.3 Å². The largest absolute Gasteiger partial charge is 0.316 e. The van der Waals surface area contributed by atoms with Crippen molar-refractivity contribution in [1.82, 2.24) is 10.0 Å². The van der Waals surface area contributed by atoms with E-state index in [2.05, 4.69) is 10.0 Å². The summed E-state index contributed by atoms with van der Waals surface area (Å²) in [5.41, 5.74) is -0.00210. The third-order valence-electron chi connectivity index (χ3n) is 2.68. The number of hydrogen-bond donors (Lipinski definition) is 2. The molecule has 0 amide bonds. The molecule has 1 rings (SSSR count). The van der Waals surface area contributed by atoms with E-state index in [-0.39, 0.29) is 17.1 Å². The lowest BCUT2D eigenvalue weighted by Crippen LogP contribution is -2.39. The highest BCUT2D eigenvalue weighted by Gasteiger charge is 2.22. The van der Waals surface area contributed by atoms with Gasteiger partial charge < -0.3 is 5.32 Å². The summed E-state index contributed by atoms with van der Waals surface area (Å²) < 4.78 is 26.3. The Morgan fingerprint density at radius 2 is 2.06 bits per heavy atom. The van der Waals surface area contributed by atoms with E-state index < -0.39 is 10.0 Å². The first-order chi connectivity index (χ1) is 7.29. The second-order valence-corrected chi connectivity index (χ2v) is 7.73. The Balaban J connectivity index is 2.38. The van der Waals surface area contributed by atoms with Crippen LogP contribution in [0.15, 0.2) is 0 Å². The van der Waals surface area contributed by atoms with E-state index in [0.717, 1.165) is 25.9 Å². The Morgan fingerprint density at radius 1 is 1.38 bits per heavy atom. The predicted molar refractivity (Wildman–Crippen MR) is 66.8 cm³/mol. The summed E-state index contributed by atoms with van der Waals surface area (Å²) in [5.74, 6) is 0.530. The van der Waals surface area contributed by atoms with Crippen LogP contribution in [0, 0.1) is 11.3 Å². The van der Waals surface area contributed by atoms with Gasteiger partial charge in [-0.05, 0) is 37.3 Å². The van der Waals surface area contributed by atoms with E-state index in [1.54, 1.807) is 0 Å². The van der Waals surface area contributed by atoms with Crippen molar-refractivity contribution in [3.05, 3.63) is 0 Å². The molecule has 1 atom stereocenters. The van der Waals surface area contributed by atoms with Crippen LogP contribution in [-0.2, 0) is 10.0 Å². The van der Waals surface area contributed by atoms with Crippen LogP contribution in [0.4, 0.5) is 0 Å². The van der Waals surface area contributed by atoms with E-state index in [9.17, 15) is 8.42 Å². The first-order valence-corrected chi connectivity index (χ1v) is 7.62. The lowest BCUT2D eigenvalue weighted by atomic mass is 9.98. The Hall–Kier alpha value is -0.130.